The zero-order chi connectivity index (χ0) is 21.7. The number of hydrogen-bond donors (Lipinski definition) is 0. The maximum Gasteiger partial charge on any atom is 0.188 e. The second-order valence-electron chi connectivity index (χ2n) is 9.10. The molecule has 0 heterocycles. The van der Waals surface area contributed by atoms with Gasteiger partial charge in [-0.3, -0.25) is 0 Å². The lowest BCUT2D eigenvalue weighted by Crippen LogP contribution is -2.46. The molecular weight excluding hydrogens is 404 g/mol. The molecule has 0 N–H and O–H groups in total. The SMILES string of the molecule is CC(C)[Si](C#C[Si](C)(/C=C/c1ccc(Cl)cc1)c1ccccc1)(C(C)C)C(C)C. The van der Waals surface area contributed by atoms with E-state index in [1.807, 2.05) is 12.1 Å². The summed E-state index contributed by atoms with van der Waals surface area (Å²) < 4.78 is 0. The molecule has 2 aromatic rings. The largest absolute Gasteiger partial charge is 0.188 e. The minimum atomic E-state index is -2.11. The summed E-state index contributed by atoms with van der Waals surface area (Å²) in [7, 11) is -3.87. The fourth-order valence-electron chi connectivity index (χ4n) is 4.50. The van der Waals surface area contributed by atoms with Crippen LogP contribution in [0.3, 0.4) is 0 Å². The molecular formula is C26H35ClSi2. The summed E-state index contributed by atoms with van der Waals surface area (Å²) in [4.78, 5) is 0. The van der Waals surface area contributed by atoms with Gasteiger partial charge in [0, 0.05) is 5.02 Å². The molecule has 0 aromatic heterocycles. The van der Waals surface area contributed by atoms with Crippen molar-refractivity contribution in [2.24, 2.45) is 0 Å². The minimum absolute atomic E-state index is 0.643. The van der Waals surface area contributed by atoms with Gasteiger partial charge in [0.25, 0.3) is 0 Å². The Bertz CT molecular complexity index is 849. The summed E-state index contributed by atoms with van der Waals surface area (Å²) in [5, 5.41) is 2.14. The normalized spacial score (nSPS) is 14.3. The van der Waals surface area contributed by atoms with Crippen LogP contribution in [0.4, 0.5) is 0 Å². The van der Waals surface area contributed by atoms with Gasteiger partial charge >= 0.3 is 0 Å². The molecule has 0 fully saturated rings. The van der Waals surface area contributed by atoms with Crippen molar-refractivity contribution in [3.05, 3.63) is 70.9 Å². The van der Waals surface area contributed by atoms with Crippen LogP contribution < -0.4 is 5.19 Å². The topological polar surface area (TPSA) is 0 Å². The van der Waals surface area contributed by atoms with Gasteiger partial charge in [0.2, 0.25) is 0 Å². The number of halogens is 1. The predicted molar refractivity (Wildman–Crippen MR) is 137 cm³/mol. The van der Waals surface area contributed by atoms with Crippen LogP contribution in [0.15, 0.2) is 60.3 Å². The van der Waals surface area contributed by atoms with E-state index in [1.165, 1.54) is 10.8 Å². The summed E-state index contributed by atoms with van der Waals surface area (Å²) in [6.45, 7) is 16.7. The molecule has 0 spiro atoms. The van der Waals surface area contributed by atoms with Crippen LogP contribution in [-0.4, -0.2) is 16.1 Å². The van der Waals surface area contributed by atoms with Crippen molar-refractivity contribution < 1.29 is 0 Å². The Morgan fingerprint density at radius 1 is 0.759 bits per heavy atom. The summed E-state index contributed by atoms with van der Waals surface area (Å²) in [6.07, 6.45) is 2.23. The van der Waals surface area contributed by atoms with E-state index >= 15 is 0 Å². The third-order valence-corrected chi connectivity index (χ3v) is 16.1. The summed E-state index contributed by atoms with van der Waals surface area (Å²) in [6, 6.07) is 18.9. The van der Waals surface area contributed by atoms with Crippen LogP contribution in [0, 0.1) is 11.1 Å². The van der Waals surface area contributed by atoms with Crippen LogP contribution in [0.25, 0.3) is 6.08 Å². The molecule has 154 valence electrons. The van der Waals surface area contributed by atoms with Crippen molar-refractivity contribution in [3.8, 4) is 11.1 Å². The van der Waals surface area contributed by atoms with Crippen molar-refractivity contribution in [2.45, 2.75) is 64.7 Å². The Morgan fingerprint density at radius 2 is 1.28 bits per heavy atom. The van der Waals surface area contributed by atoms with Gasteiger partial charge in [0.15, 0.2) is 8.07 Å². The van der Waals surface area contributed by atoms with Gasteiger partial charge in [-0.25, -0.2) is 0 Å². The van der Waals surface area contributed by atoms with Gasteiger partial charge in [0.05, 0.1) is 0 Å². The molecule has 1 unspecified atom stereocenters. The Balaban J connectivity index is 2.58. The first kappa shape index (κ1) is 23.7. The van der Waals surface area contributed by atoms with Crippen molar-refractivity contribution >= 4 is 39.0 Å². The van der Waals surface area contributed by atoms with Gasteiger partial charge in [0.1, 0.15) is 8.07 Å². The van der Waals surface area contributed by atoms with Crippen molar-refractivity contribution in [1.29, 1.82) is 0 Å². The molecule has 0 aliphatic rings. The summed E-state index contributed by atoms with van der Waals surface area (Å²) >= 11 is 6.05. The van der Waals surface area contributed by atoms with E-state index in [0.29, 0.717) is 16.6 Å². The van der Waals surface area contributed by atoms with E-state index in [0.717, 1.165) is 5.02 Å². The van der Waals surface area contributed by atoms with Crippen molar-refractivity contribution in [1.82, 2.24) is 0 Å². The quantitative estimate of drug-likeness (QED) is 0.321. The minimum Gasteiger partial charge on any atom is -0.136 e. The highest BCUT2D eigenvalue weighted by Crippen LogP contribution is 2.40. The second kappa shape index (κ2) is 9.98. The zero-order valence-electron chi connectivity index (χ0n) is 19.0. The van der Waals surface area contributed by atoms with Crippen LogP contribution in [0.5, 0.6) is 0 Å². The molecule has 2 rings (SSSR count). The maximum absolute atomic E-state index is 6.05. The third kappa shape index (κ3) is 5.54. The molecule has 1 atom stereocenters. The molecule has 0 nitrogen and oxygen atoms in total. The molecule has 0 aliphatic heterocycles. The first-order valence-electron chi connectivity index (χ1n) is 10.7. The van der Waals surface area contributed by atoms with Gasteiger partial charge < -0.3 is 0 Å². The third-order valence-electron chi connectivity index (χ3n) is 6.26. The maximum atomic E-state index is 6.05. The molecule has 0 amide bonds. The zero-order valence-corrected chi connectivity index (χ0v) is 21.7. The van der Waals surface area contributed by atoms with E-state index in [2.05, 4.69) is 113 Å². The molecule has 0 radical (unpaired) electrons. The average molecular weight is 439 g/mol. The molecule has 0 aliphatic carbocycles. The van der Waals surface area contributed by atoms with E-state index < -0.39 is 16.1 Å². The standard InChI is InChI=1S/C26H35ClSi2/c1-21(2)29(22(3)4,23(5)6)20-19-28(7,26-11-9-8-10-12-26)18-17-24-13-15-25(27)16-14-24/h8-18,21-23H,1-7H3/b18-17+. The summed E-state index contributed by atoms with van der Waals surface area (Å²) in [5.41, 5.74) is 13.4. The first-order chi connectivity index (χ1) is 13.6. The number of hydrogen-bond acceptors (Lipinski definition) is 0. The summed E-state index contributed by atoms with van der Waals surface area (Å²) in [5.74, 6) is 0. The fraction of sp³-hybridized carbons (Fsp3) is 0.385. The van der Waals surface area contributed by atoms with E-state index in [4.69, 9.17) is 11.6 Å². The van der Waals surface area contributed by atoms with Crippen LogP contribution in [0.2, 0.25) is 28.2 Å². The highest BCUT2D eigenvalue weighted by Gasteiger charge is 2.42. The molecule has 0 saturated heterocycles. The molecule has 0 bridgehead atoms. The average Bonchev–Trinajstić information content (AvgIpc) is 2.68. The lowest BCUT2D eigenvalue weighted by molar-refractivity contribution is 0.838. The van der Waals surface area contributed by atoms with E-state index in [1.54, 1.807) is 0 Å². The second-order valence-corrected chi connectivity index (χ2v) is 18.7. The van der Waals surface area contributed by atoms with Gasteiger partial charge in [-0.05, 0) is 39.5 Å². The Labute approximate surface area is 185 Å². The molecule has 0 saturated carbocycles. The fourth-order valence-corrected chi connectivity index (χ4v) is 13.2. The van der Waals surface area contributed by atoms with Crippen LogP contribution in [-0.2, 0) is 0 Å². The number of benzene rings is 2. The Morgan fingerprint density at radius 3 is 1.76 bits per heavy atom. The van der Waals surface area contributed by atoms with Crippen molar-refractivity contribution in [3.63, 3.8) is 0 Å². The van der Waals surface area contributed by atoms with Gasteiger partial charge in [-0.1, -0.05) is 114 Å². The monoisotopic (exact) mass is 438 g/mol. The Hall–Kier alpha value is -1.54. The molecule has 2 aromatic carbocycles. The van der Waals surface area contributed by atoms with Gasteiger partial charge in [-0.2, -0.15) is 0 Å². The van der Waals surface area contributed by atoms with E-state index in [9.17, 15) is 0 Å². The van der Waals surface area contributed by atoms with Crippen molar-refractivity contribution in [2.75, 3.05) is 0 Å². The van der Waals surface area contributed by atoms with Crippen LogP contribution in [0.1, 0.15) is 47.1 Å². The van der Waals surface area contributed by atoms with E-state index in [-0.39, 0.29) is 0 Å². The Kier molecular flexibility index (Phi) is 8.17. The highest BCUT2D eigenvalue weighted by atomic mass is 35.5. The highest BCUT2D eigenvalue weighted by molar-refractivity contribution is 7.03. The number of rotatable bonds is 6. The lowest BCUT2D eigenvalue weighted by atomic mass is 10.2. The van der Waals surface area contributed by atoms with Gasteiger partial charge in [-0.15, -0.1) is 11.1 Å². The first-order valence-corrected chi connectivity index (χ1v) is 15.8. The molecule has 3 heteroatoms. The predicted octanol–water partition coefficient (Wildman–Crippen LogP) is 7.64. The smallest absolute Gasteiger partial charge is 0.136 e. The van der Waals surface area contributed by atoms with Crippen LogP contribution >= 0.6 is 11.6 Å². The molecule has 29 heavy (non-hydrogen) atoms. The lowest BCUT2D eigenvalue weighted by Gasteiger charge is -2.38.